The first-order chi connectivity index (χ1) is 10.2. The molecule has 2 aliphatic rings. The number of carbonyl (C=O) groups is 1. The molecule has 0 aliphatic carbocycles. The minimum atomic E-state index is 0.0304. The van der Waals surface area contributed by atoms with Crippen LogP contribution in [0.1, 0.15) is 24.0 Å². The predicted octanol–water partition coefficient (Wildman–Crippen LogP) is 1.38. The summed E-state index contributed by atoms with van der Waals surface area (Å²) in [6.45, 7) is 7.45. The smallest absolute Gasteiger partial charge is 0.317 e. The number of amides is 2. The van der Waals surface area contributed by atoms with Crippen LogP contribution in [0.25, 0.3) is 0 Å². The van der Waals surface area contributed by atoms with Gasteiger partial charge in [-0.25, -0.2) is 4.79 Å². The molecule has 2 saturated heterocycles. The Labute approximate surface area is 125 Å². The van der Waals surface area contributed by atoms with Crippen molar-refractivity contribution in [3.05, 3.63) is 23.7 Å². The number of urea groups is 1. The molecule has 1 N–H and O–H groups in total. The van der Waals surface area contributed by atoms with Gasteiger partial charge in [-0.3, -0.25) is 4.90 Å². The highest BCUT2D eigenvalue weighted by molar-refractivity contribution is 5.74. The van der Waals surface area contributed by atoms with Crippen LogP contribution in [0.3, 0.4) is 0 Å². The molecule has 1 atom stereocenters. The van der Waals surface area contributed by atoms with Crippen LogP contribution in [0, 0.1) is 6.92 Å². The molecule has 1 aromatic rings. The number of hydrogen-bond donors (Lipinski definition) is 1. The molecule has 21 heavy (non-hydrogen) atoms. The van der Waals surface area contributed by atoms with E-state index in [1.165, 1.54) is 0 Å². The summed E-state index contributed by atoms with van der Waals surface area (Å²) in [4.78, 5) is 16.1. The third-order valence-corrected chi connectivity index (χ3v) is 4.17. The SMILES string of the molecule is Cc1ccc([C@@H](CNC(=O)N2CCC2)N2CCOCC2)o1. The molecule has 6 heteroatoms. The quantitative estimate of drug-likeness (QED) is 0.911. The minimum absolute atomic E-state index is 0.0304. The number of rotatable bonds is 4. The highest BCUT2D eigenvalue weighted by Gasteiger charge is 2.27. The first-order valence-corrected chi connectivity index (χ1v) is 7.65. The number of morpholine rings is 1. The van der Waals surface area contributed by atoms with Gasteiger partial charge in [0.25, 0.3) is 0 Å². The lowest BCUT2D eigenvalue weighted by molar-refractivity contribution is 0.0118. The van der Waals surface area contributed by atoms with Crippen LogP contribution in [-0.2, 0) is 4.74 Å². The molecule has 0 radical (unpaired) electrons. The Bertz CT molecular complexity index is 478. The Morgan fingerprint density at radius 2 is 2.05 bits per heavy atom. The molecule has 0 saturated carbocycles. The lowest BCUT2D eigenvalue weighted by atomic mass is 10.1. The zero-order valence-electron chi connectivity index (χ0n) is 12.5. The van der Waals surface area contributed by atoms with Crippen molar-refractivity contribution < 1.29 is 13.9 Å². The molecule has 6 nitrogen and oxygen atoms in total. The van der Waals surface area contributed by atoms with Gasteiger partial charge in [0.05, 0.1) is 19.3 Å². The van der Waals surface area contributed by atoms with Crippen molar-refractivity contribution in [3.63, 3.8) is 0 Å². The van der Waals surface area contributed by atoms with E-state index in [1.54, 1.807) is 0 Å². The monoisotopic (exact) mass is 293 g/mol. The van der Waals surface area contributed by atoms with Gasteiger partial charge in [0.2, 0.25) is 0 Å². The Morgan fingerprint density at radius 3 is 2.62 bits per heavy atom. The number of likely N-dealkylation sites (tertiary alicyclic amines) is 1. The van der Waals surface area contributed by atoms with Gasteiger partial charge in [0, 0.05) is 32.7 Å². The van der Waals surface area contributed by atoms with Gasteiger partial charge >= 0.3 is 6.03 Å². The normalized spacial score (nSPS) is 20.9. The third kappa shape index (κ3) is 3.39. The number of ether oxygens (including phenoxy) is 1. The van der Waals surface area contributed by atoms with E-state index in [4.69, 9.17) is 9.15 Å². The number of furan rings is 1. The Hall–Kier alpha value is -1.53. The average molecular weight is 293 g/mol. The number of aryl methyl sites for hydroxylation is 1. The molecular formula is C15H23N3O3. The lowest BCUT2D eigenvalue weighted by Gasteiger charge is -2.35. The zero-order valence-corrected chi connectivity index (χ0v) is 12.5. The van der Waals surface area contributed by atoms with Crippen LogP contribution in [-0.4, -0.2) is 61.8 Å². The maximum absolute atomic E-state index is 12.0. The molecule has 0 unspecified atom stereocenters. The van der Waals surface area contributed by atoms with Gasteiger partial charge < -0.3 is 19.4 Å². The summed E-state index contributed by atoms with van der Waals surface area (Å²) in [5.41, 5.74) is 0. The molecule has 2 fully saturated rings. The standard InChI is InChI=1S/C15H23N3O3/c1-12-3-4-14(21-12)13(17-7-9-20-10-8-17)11-16-15(19)18-5-2-6-18/h3-4,13H,2,5-11H2,1H3,(H,16,19)/t13-/m1/s1. The molecule has 3 heterocycles. The van der Waals surface area contributed by atoms with Gasteiger partial charge in [0.15, 0.2) is 0 Å². The van der Waals surface area contributed by atoms with E-state index < -0.39 is 0 Å². The molecule has 2 aliphatic heterocycles. The van der Waals surface area contributed by atoms with Crippen molar-refractivity contribution in [2.45, 2.75) is 19.4 Å². The molecule has 0 bridgehead atoms. The van der Waals surface area contributed by atoms with E-state index >= 15 is 0 Å². The molecule has 0 spiro atoms. The van der Waals surface area contributed by atoms with Crippen LogP contribution in [0.5, 0.6) is 0 Å². The van der Waals surface area contributed by atoms with Gasteiger partial charge in [0.1, 0.15) is 11.5 Å². The molecule has 1 aromatic heterocycles. The highest BCUT2D eigenvalue weighted by atomic mass is 16.5. The van der Waals surface area contributed by atoms with Crippen molar-refractivity contribution in [1.82, 2.24) is 15.1 Å². The van der Waals surface area contributed by atoms with Crippen molar-refractivity contribution in [2.24, 2.45) is 0 Å². The highest BCUT2D eigenvalue weighted by Crippen LogP contribution is 2.23. The number of hydrogen-bond acceptors (Lipinski definition) is 4. The van der Waals surface area contributed by atoms with Crippen molar-refractivity contribution >= 4 is 6.03 Å². The van der Waals surface area contributed by atoms with Crippen LogP contribution >= 0.6 is 0 Å². The second kappa shape index (κ2) is 6.49. The fraction of sp³-hybridized carbons (Fsp3) is 0.667. The maximum atomic E-state index is 12.0. The number of nitrogens with zero attached hydrogens (tertiary/aromatic N) is 2. The predicted molar refractivity (Wildman–Crippen MR) is 78.2 cm³/mol. The summed E-state index contributed by atoms with van der Waals surface area (Å²) >= 11 is 0. The van der Waals surface area contributed by atoms with Gasteiger partial charge in [-0.15, -0.1) is 0 Å². The minimum Gasteiger partial charge on any atom is -0.465 e. The van der Waals surface area contributed by atoms with E-state index in [9.17, 15) is 4.79 Å². The van der Waals surface area contributed by atoms with Crippen LogP contribution in [0.2, 0.25) is 0 Å². The number of carbonyl (C=O) groups excluding carboxylic acids is 1. The van der Waals surface area contributed by atoms with Crippen LogP contribution in [0.15, 0.2) is 16.5 Å². The van der Waals surface area contributed by atoms with Crippen molar-refractivity contribution in [2.75, 3.05) is 45.9 Å². The first-order valence-electron chi connectivity index (χ1n) is 7.65. The van der Waals surface area contributed by atoms with Gasteiger partial charge in [-0.1, -0.05) is 0 Å². The molecule has 0 aromatic carbocycles. The van der Waals surface area contributed by atoms with Crippen molar-refractivity contribution in [3.8, 4) is 0 Å². The summed E-state index contributed by atoms with van der Waals surface area (Å²) in [6.07, 6.45) is 1.11. The lowest BCUT2D eigenvalue weighted by Crippen LogP contribution is -2.50. The second-order valence-electron chi connectivity index (χ2n) is 5.64. The fourth-order valence-corrected chi connectivity index (χ4v) is 2.75. The topological polar surface area (TPSA) is 58.0 Å². The van der Waals surface area contributed by atoms with Gasteiger partial charge in [-0.05, 0) is 25.5 Å². The van der Waals surface area contributed by atoms with E-state index in [2.05, 4.69) is 10.2 Å². The fourth-order valence-electron chi connectivity index (χ4n) is 2.75. The molecule has 116 valence electrons. The zero-order chi connectivity index (χ0) is 14.7. The van der Waals surface area contributed by atoms with Crippen LogP contribution in [0.4, 0.5) is 4.79 Å². The summed E-state index contributed by atoms with van der Waals surface area (Å²) in [7, 11) is 0. The largest absolute Gasteiger partial charge is 0.465 e. The van der Waals surface area contributed by atoms with Crippen LogP contribution < -0.4 is 5.32 Å². The summed E-state index contributed by atoms with van der Waals surface area (Å²) in [6, 6.07) is 4.08. The molecule has 3 rings (SSSR count). The van der Waals surface area contributed by atoms with Crippen molar-refractivity contribution in [1.29, 1.82) is 0 Å². The van der Waals surface area contributed by atoms with E-state index in [0.29, 0.717) is 6.54 Å². The van der Waals surface area contributed by atoms with E-state index in [0.717, 1.165) is 57.3 Å². The molecular weight excluding hydrogens is 270 g/mol. The summed E-state index contributed by atoms with van der Waals surface area (Å²) < 4.78 is 11.2. The average Bonchev–Trinajstić information content (AvgIpc) is 2.85. The van der Waals surface area contributed by atoms with E-state index in [1.807, 2.05) is 24.0 Å². The first kappa shape index (κ1) is 14.4. The third-order valence-electron chi connectivity index (χ3n) is 4.17. The van der Waals surface area contributed by atoms with Gasteiger partial charge in [-0.2, -0.15) is 0 Å². The maximum Gasteiger partial charge on any atom is 0.317 e. The summed E-state index contributed by atoms with van der Waals surface area (Å²) in [5, 5.41) is 3.03. The summed E-state index contributed by atoms with van der Waals surface area (Å²) in [5.74, 6) is 1.82. The van der Waals surface area contributed by atoms with E-state index in [-0.39, 0.29) is 12.1 Å². The number of nitrogens with one attached hydrogen (secondary N) is 1. The molecule has 2 amide bonds. The Kier molecular flexibility index (Phi) is 4.45. The second-order valence-corrected chi connectivity index (χ2v) is 5.64. The Balaban J connectivity index is 1.64. The Morgan fingerprint density at radius 1 is 1.29 bits per heavy atom.